The second-order valence-corrected chi connectivity index (χ2v) is 7.00. The Morgan fingerprint density at radius 1 is 0.893 bits per heavy atom. The Bertz CT molecular complexity index is 919. The molecule has 0 unspecified atom stereocenters. The average Bonchev–Trinajstić information content (AvgIpc) is 2.79. The highest BCUT2D eigenvalue weighted by Gasteiger charge is 2.13. The van der Waals surface area contributed by atoms with E-state index in [2.05, 4.69) is 32.3 Å². The smallest absolute Gasteiger partial charge is 0.251 e. The third kappa shape index (κ3) is 4.36. The first kappa shape index (κ1) is 18.2. The van der Waals surface area contributed by atoms with Gasteiger partial charge in [0.25, 0.3) is 5.91 Å². The van der Waals surface area contributed by atoms with Crippen LogP contribution in [-0.4, -0.2) is 29.0 Å². The van der Waals surface area contributed by atoms with Crippen molar-refractivity contribution in [2.24, 2.45) is 0 Å². The molecule has 4 rings (SSSR count). The lowest BCUT2D eigenvalue weighted by Crippen LogP contribution is -2.31. The van der Waals surface area contributed by atoms with Crippen molar-refractivity contribution in [3.63, 3.8) is 0 Å². The molecule has 1 aromatic heterocycles. The summed E-state index contributed by atoms with van der Waals surface area (Å²) in [6, 6.07) is 19.7. The van der Waals surface area contributed by atoms with Gasteiger partial charge in [0.05, 0.1) is 6.54 Å². The summed E-state index contributed by atoms with van der Waals surface area (Å²) in [7, 11) is 0. The predicted octanol–water partition coefficient (Wildman–Crippen LogP) is 4.06. The minimum Gasteiger partial charge on any atom is -0.357 e. The molecule has 0 aliphatic carbocycles. The van der Waals surface area contributed by atoms with Gasteiger partial charge in [-0.25, -0.2) is 9.97 Å². The topological polar surface area (TPSA) is 58.1 Å². The maximum atomic E-state index is 12.5. The van der Waals surface area contributed by atoms with Crippen LogP contribution < -0.4 is 10.2 Å². The van der Waals surface area contributed by atoms with Crippen LogP contribution in [0.2, 0.25) is 0 Å². The summed E-state index contributed by atoms with van der Waals surface area (Å²) in [5.74, 6) is 1.47. The molecule has 0 atom stereocenters. The molecule has 0 spiro atoms. The molecule has 2 heterocycles. The van der Waals surface area contributed by atoms with Gasteiger partial charge in [-0.3, -0.25) is 4.79 Å². The van der Waals surface area contributed by atoms with Crippen molar-refractivity contribution in [3.05, 3.63) is 78.2 Å². The maximum absolute atomic E-state index is 12.5. The molecule has 1 fully saturated rings. The second kappa shape index (κ2) is 8.65. The second-order valence-electron chi connectivity index (χ2n) is 7.00. The van der Waals surface area contributed by atoms with E-state index in [4.69, 9.17) is 0 Å². The third-order valence-electron chi connectivity index (χ3n) is 5.03. The van der Waals surface area contributed by atoms with Crippen LogP contribution in [0, 0.1) is 0 Å². The highest BCUT2D eigenvalue weighted by Crippen LogP contribution is 2.19. The van der Waals surface area contributed by atoms with E-state index in [-0.39, 0.29) is 5.91 Å². The fourth-order valence-corrected chi connectivity index (χ4v) is 3.48. The molecule has 2 aromatic carbocycles. The number of hydrogen-bond donors (Lipinski definition) is 1. The third-order valence-corrected chi connectivity index (χ3v) is 5.03. The number of aromatic nitrogens is 2. The number of carbonyl (C=O) groups is 1. The lowest BCUT2D eigenvalue weighted by molar-refractivity contribution is 0.0950. The first-order chi connectivity index (χ1) is 13.8. The molecular formula is C23H24N4O. The first-order valence-electron chi connectivity index (χ1n) is 9.80. The molecule has 1 amide bonds. The van der Waals surface area contributed by atoms with Crippen LogP contribution in [0.4, 0.5) is 5.82 Å². The summed E-state index contributed by atoms with van der Waals surface area (Å²) in [6.45, 7) is 2.40. The Hall–Kier alpha value is -3.21. The van der Waals surface area contributed by atoms with Crippen LogP contribution in [0.5, 0.6) is 0 Å². The zero-order chi connectivity index (χ0) is 19.2. The molecule has 0 bridgehead atoms. The normalized spacial score (nSPS) is 13.9. The van der Waals surface area contributed by atoms with Gasteiger partial charge in [-0.05, 0) is 48.6 Å². The van der Waals surface area contributed by atoms with Crippen LogP contribution in [0.1, 0.15) is 35.4 Å². The number of piperidine rings is 1. The van der Waals surface area contributed by atoms with Crippen molar-refractivity contribution in [2.45, 2.75) is 25.8 Å². The molecule has 0 radical (unpaired) electrons. The zero-order valence-electron chi connectivity index (χ0n) is 15.8. The van der Waals surface area contributed by atoms with Crippen molar-refractivity contribution in [3.8, 4) is 11.1 Å². The highest BCUT2D eigenvalue weighted by molar-refractivity contribution is 5.94. The molecule has 1 N–H and O–H groups in total. The summed E-state index contributed by atoms with van der Waals surface area (Å²) >= 11 is 0. The molecule has 1 aliphatic heterocycles. The number of nitrogens with one attached hydrogen (secondary N) is 1. The van der Waals surface area contributed by atoms with Gasteiger partial charge in [0, 0.05) is 24.8 Å². The quantitative estimate of drug-likeness (QED) is 0.734. The highest BCUT2D eigenvalue weighted by atomic mass is 16.1. The Morgan fingerprint density at radius 3 is 2.36 bits per heavy atom. The van der Waals surface area contributed by atoms with Crippen LogP contribution in [0.15, 0.2) is 66.9 Å². The van der Waals surface area contributed by atoms with E-state index >= 15 is 0 Å². The van der Waals surface area contributed by atoms with Crippen molar-refractivity contribution in [1.29, 1.82) is 0 Å². The van der Waals surface area contributed by atoms with Gasteiger partial charge in [0.15, 0.2) is 0 Å². The fourth-order valence-electron chi connectivity index (χ4n) is 3.48. The number of rotatable bonds is 5. The molecule has 3 aromatic rings. The average molecular weight is 372 g/mol. The summed E-state index contributed by atoms with van der Waals surface area (Å²) in [5, 5.41) is 2.92. The number of nitrogens with zero attached hydrogens (tertiary/aromatic N) is 3. The van der Waals surface area contributed by atoms with Crippen LogP contribution in [-0.2, 0) is 6.54 Å². The zero-order valence-corrected chi connectivity index (χ0v) is 15.8. The maximum Gasteiger partial charge on any atom is 0.251 e. The van der Waals surface area contributed by atoms with Gasteiger partial charge in [0.1, 0.15) is 11.6 Å². The van der Waals surface area contributed by atoms with E-state index in [9.17, 15) is 4.79 Å². The van der Waals surface area contributed by atoms with Crippen molar-refractivity contribution < 1.29 is 4.79 Å². The number of carbonyl (C=O) groups excluding carboxylic acids is 1. The van der Waals surface area contributed by atoms with Gasteiger partial charge in [0.2, 0.25) is 0 Å². The molecule has 0 saturated carbocycles. The largest absolute Gasteiger partial charge is 0.357 e. The van der Waals surface area contributed by atoms with Crippen LogP contribution >= 0.6 is 0 Å². The number of amides is 1. The summed E-state index contributed by atoms with van der Waals surface area (Å²) in [4.78, 5) is 23.7. The molecule has 1 aliphatic rings. The van der Waals surface area contributed by atoms with E-state index in [1.54, 1.807) is 6.20 Å². The minimum absolute atomic E-state index is 0.119. The van der Waals surface area contributed by atoms with Crippen molar-refractivity contribution in [2.75, 3.05) is 18.0 Å². The van der Waals surface area contributed by atoms with E-state index in [1.165, 1.54) is 19.3 Å². The number of anilines is 1. The van der Waals surface area contributed by atoms with Gasteiger partial charge in [-0.2, -0.15) is 0 Å². The van der Waals surface area contributed by atoms with Crippen molar-refractivity contribution in [1.82, 2.24) is 15.3 Å². The standard InChI is InChI=1S/C23H24N4O/c28-23(20-11-9-19(10-12-20)18-7-3-1-4-8-18)25-17-21-24-14-13-22(26-21)27-15-5-2-6-16-27/h1,3-4,7-14H,2,5-6,15-17H2,(H,25,28). The Kier molecular flexibility index (Phi) is 5.61. The van der Waals surface area contributed by atoms with Crippen LogP contribution in [0.3, 0.4) is 0 Å². The molecule has 28 heavy (non-hydrogen) atoms. The van der Waals surface area contributed by atoms with Gasteiger partial charge in [-0.15, -0.1) is 0 Å². The molecule has 1 saturated heterocycles. The first-order valence-corrected chi connectivity index (χ1v) is 9.80. The summed E-state index contributed by atoms with van der Waals surface area (Å²) in [5.41, 5.74) is 2.86. The molecule has 142 valence electrons. The van der Waals surface area contributed by atoms with E-state index < -0.39 is 0 Å². The number of benzene rings is 2. The summed E-state index contributed by atoms with van der Waals surface area (Å²) < 4.78 is 0. The van der Waals surface area contributed by atoms with Gasteiger partial charge >= 0.3 is 0 Å². The van der Waals surface area contributed by atoms with E-state index in [0.717, 1.165) is 30.0 Å². The SMILES string of the molecule is O=C(NCc1nccc(N2CCCCC2)n1)c1ccc(-c2ccccc2)cc1. The van der Waals surface area contributed by atoms with Crippen molar-refractivity contribution >= 4 is 11.7 Å². The lowest BCUT2D eigenvalue weighted by Gasteiger charge is -2.27. The summed E-state index contributed by atoms with van der Waals surface area (Å²) in [6.07, 6.45) is 5.46. The Balaban J connectivity index is 1.38. The van der Waals surface area contributed by atoms with E-state index in [1.807, 2.05) is 48.5 Å². The lowest BCUT2D eigenvalue weighted by atomic mass is 10.0. The number of hydrogen-bond acceptors (Lipinski definition) is 4. The Morgan fingerprint density at radius 2 is 1.61 bits per heavy atom. The Labute approximate surface area is 165 Å². The van der Waals surface area contributed by atoms with Gasteiger partial charge in [-0.1, -0.05) is 42.5 Å². The minimum atomic E-state index is -0.119. The fraction of sp³-hybridized carbons (Fsp3) is 0.261. The monoisotopic (exact) mass is 372 g/mol. The molecule has 5 heteroatoms. The molecular weight excluding hydrogens is 348 g/mol. The van der Waals surface area contributed by atoms with Crippen LogP contribution in [0.25, 0.3) is 11.1 Å². The predicted molar refractivity (Wildman–Crippen MR) is 111 cm³/mol. The van der Waals surface area contributed by atoms with Gasteiger partial charge < -0.3 is 10.2 Å². The molecule has 5 nitrogen and oxygen atoms in total. The van der Waals surface area contributed by atoms with E-state index in [0.29, 0.717) is 17.9 Å².